The first-order valence-electron chi connectivity index (χ1n) is 7.81. The normalized spacial score (nSPS) is 26.0. The average molecular weight is 286 g/mol. The van der Waals surface area contributed by atoms with Crippen LogP contribution in [-0.4, -0.2) is 45.1 Å². The molecule has 0 saturated carbocycles. The van der Waals surface area contributed by atoms with E-state index in [1.807, 2.05) is 6.92 Å². The molecule has 0 unspecified atom stereocenters. The molecule has 2 aliphatic heterocycles. The molecular formula is C16H22N4O. The van der Waals surface area contributed by atoms with E-state index in [2.05, 4.69) is 33.8 Å². The zero-order chi connectivity index (χ0) is 14.6. The number of rotatable bonds is 1. The van der Waals surface area contributed by atoms with Crippen molar-refractivity contribution in [1.29, 1.82) is 0 Å². The number of β-amino-alcohol motifs (C(OH)–C–C–N with tert-alkyl or cyclic N) is 1. The first-order valence-corrected chi connectivity index (χ1v) is 7.81. The third kappa shape index (κ3) is 1.88. The van der Waals surface area contributed by atoms with E-state index in [0.29, 0.717) is 6.54 Å². The number of aromatic nitrogens is 2. The van der Waals surface area contributed by atoms with Crippen LogP contribution in [0.5, 0.6) is 0 Å². The Balaban J connectivity index is 1.88. The molecule has 1 fully saturated rings. The molecule has 2 aromatic rings. The van der Waals surface area contributed by atoms with E-state index in [1.165, 1.54) is 24.1 Å². The maximum Gasteiger partial charge on any atom is 0.161 e. The Labute approximate surface area is 124 Å². The van der Waals surface area contributed by atoms with Crippen molar-refractivity contribution in [2.45, 2.75) is 38.8 Å². The molecule has 0 aromatic carbocycles. The van der Waals surface area contributed by atoms with E-state index in [-0.39, 0.29) is 12.1 Å². The lowest BCUT2D eigenvalue weighted by Crippen LogP contribution is -2.42. The minimum Gasteiger partial charge on any atom is -0.389 e. The molecule has 2 aromatic heterocycles. The lowest BCUT2D eigenvalue weighted by atomic mass is 9.95. The Morgan fingerprint density at radius 2 is 2.05 bits per heavy atom. The number of anilines is 1. The number of imidazole rings is 1. The number of aryl methyl sites for hydroxylation is 2. The molecule has 1 saturated heterocycles. The van der Waals surface area contributed by atoms with Gasteiger partial charge in [0.25, 0.3) is 0 Å². The van der Waals surface area contributed by atoms with Gasteiger partial charge in [0.1, 0.15) is 0 Å². The van der Waals surface area contributed by atoms with Gasteiger partial charge in [-0.05, 0) is 45.8 Å². The summed E-state index contributed by atoms with van der Waals surface area (Å²) in [6.07, 6.45) is 4.20. The van der Waals surface area contributed by atoms with Crippen LogP contribution in [0.3, 0.4) is 0 Å². The minimum atomic E-state index is -0.352. The molecule has 2 atom stereocenters. The largest absolute Gasteiger partial charge is 0.389 e. The van der Waals surface area contributed by atoms with Gasteiger partial charge in [-0.2, -0.15) is 0 Å². The van der Waals surface area contributed by atoms with Crippen LogP contribution in [0.15, 0.2) is 12.3 Å². The summed E-state index contributed by atoms with van der Waals surface area (Å²) in [7, 11) is 0. The van der Waals surface area contributed by atoms with Crippen molar-refractivity contribution >= 4 is 11.3 Å². The number of nitrogens with zero attached hydrogens (tertiary/aromatic N) is 3. The number of aliphatic hydroxyl groups excluding tert-OH is 1. The molecule has 4 rings (SSSR count). The maximum absolute atomic E-state index is 10.5. The Morgan fingerprint density at radius 3 is 2.81 bits per heavy atom. The number of nitrogens with one attached hydrogen (secondary N) is 1. The molecule has 2 N–H and O–H groups in total. The van der Waals surface area contributed by atoms with Crippen LogP contribution in [0.4, 0.5) is 5.69 Å². The van der Waals surface area contributed by atoms with E-state index >= 15 is 0 Å². The Bertz CT molecular complexity index is 687. The second kappa shape index (κ2) is 4.71. The molecule has 0 amide bonds. The minimum absolute atomic E-state index is 0.103. The van der Waals surface area contributed by atoms with Crippen LogP contribution in [-0.2, 0) is 0 Å². The van der Waals surface area contributed by atoms with Crippen molar-refractivity contribution in [1.82, 2.24) is 14.3 Å². The second-order valence-corrected chi connectivity index (χ2v) is 6.26. The predicted octanol–water partition coefficient (Wildman–Crippen LogP) is 1.87. The predicted molar refractivity (Wildman–Crippen MR) is 82.7 cm³/mol. The van der Waals surface area contributed by atoms with E-state index in [9.17, 15) is 5.11 Å². The summed E-state index contributed by atoms with van der Waals surface area (Å²) in [5.41, 5.74) is 5.51. The average Bonchev–Trinajstić information content (AvgIpc) is 3.08. The van der Waals surface area contributed by atoms with E-state index in [1.54, 1.807) is 0 Å². The molecule has 21 heavy (non-hydrogen) atoms. The van der Waals surface area contributed by atoms with Gasteiger partial charge in [0.2, 0.25) is 0 Å². The second-order valence-electron chi connectivity index (χ2n) is 6.26. The van der Waals surface area contributed by atoms with Crippen LogP contribution in [0, 0.1) is 13.8 Å². The fourth-order valence-electron chi connectivity index (χ4n) is 3.77. The van der Waals surface area contributed by atoms with Gasteiger partial charge in [0.05, 0.1) is 23.5 Å². The molecular weight excluding hydrogens is 264 g/mol. The van der Waals surface area contributed by atoms with Crippen molar-refractivity contribution in [2.24, 2.45) is 0 Å². The van der Waals surface area contributed by atoms with Crippen LogP contribution in [0.2, 0.25) is 0 Å². The fraction of sp³-hybridized carbons (Fsp3) is 0.562. The first-order chi connectivity index (χ1) is 10.2. The summed E-state index contributed by atoms with van der Waals surface area (Å²) in [6.45, 7) is 6.90. The molecule has 112 valence electrons. The zero-order valence-electron chi connectivity index (χ0n) is 12.6. The van der Waals surface area contributed by atoms with Gasteiger partial charge in [0.15, 0.2) is 5.65 Å². The summed E-state index contributed by atoms with van der Waals surface area (Å²) in [5, 5.41) is 13.9. The van der Waals surface area contributed by atoms with Crippen molar-refractivity contribution in [3.8, 4) is 0 Å². The van der Waals surface area contributed by atoms with E-state index in [0.717, 1.165) is 30.1 Å². The lowest BCUT2D eigenvalue weighted by Gasteiger charge is -2.37. The standard InChI is InChI=1S/C16H22N4O/c1-10-11(2)20-8-5-12-14(16(20)18-10)17-9-13(21)15(12)19-6-3-4-7-19/h5,8,13,15,17,21H,3-4,6-7,9H2,1-2H3/t13-,15+/m0/s1. The van der Waals surface area contributed by atoms with Gasteiger partial charge >= 0.3 is 0 Å². The SMILES string of the molecule is Cc1nc2c3c(ccn2c1C)[C@@H](N1CCCC1)[C@@H](O)CN3. The highest BCUT2D eigenvalue weighted by Crippen LogP contribution is 2.38. The Kier molecular flexibility index (Phi) is 2.94. The van der Waals surface area contributed by atoms with Crippen LogP contribution in [0.1, 0.15) is 35.8 Å². The molecule has 0 spiro atoms. The first kappa shape index (κ1) is 13.1. The van der Waals surface area contributed by atoms with Crippen molar-refractivity contribution in [3.63, 3.8) is 0 Å². The smallest absolute Gasteiger partial charge is 0.161 e. The molecule has 5 nitrogen and oxygen atoms in total. The number of hydrogen-bond donors (Lipinski definition) is 2. The monoisotopic (exact) mass is 286 g/mol. The summed E-state index contributed by atoms with van der Waals surface area (Å²) < 4.78 is 2.14. The number of hydrogen-bond acceptors (Lipinski definition) is 4. The Hall–Kier alpha value is -1.59. The summed E-state index contributed by atoms with van der Waals surface area (Å²) in [6, 6.07) is 2.25. The van der Waals surface area contributed by atoms with E-state index < -0.39 is 0 Å². The molecule has 0 bridgehead atoms. The highest BCUT2D eigenvalue weighted by atomic mass is 16.3. The van der Waals surface area contributed by atoms with Crippen molar-refractivity contribution < 1.29 is 5.11 Å². The molecule has 5 heteroatoms. The molecule has 0 aliphatic carbocycles. The quantitative estimate of drug-likeness (QED) is 0.840. The van der Waals surface area contributed by atoms with Crippen LogP contribution >= 0.6 is 0 Å². The van der Waals surface area contributed by atoms with E-state index in [4.69, 9.17) is 4.98 Å². The number of fused-ring (bicyclic) bond motifs is 3. The number of aliphatic hydroxyl groups is 1. The summed E-state index contributed by atoms with van der Waals surface area (Å²) >= 11 is 0. The third-order valence-corrected chi connectivity index (χ3v) is 5.01. The van der Waals surface area contributed by atoms with Crippen molar-refractivity contribution in [3.05, 3.63) is 29.2 Å². The van der Waals surface area contributed by atoms with Crippen LogP contribution < -0.4 is 5.32 Å². The fourth-order valence-corrected chi connectivity index (χ4v) is 3.77. The summed E-state index contributed by atoms with van der Waals surface area (Å²) in [4.78, 5) is 7.13. The van der Waals surface area contributed by atoms with Crippen molar-refractivity contribution in [2.75, 3.05) is 25.0 Å². The highest BCUT2D eigenvalue weighted by Gasteiger charge is 2.35. The van der Waals surface area contributed by atoms with Gasteiger partial charge < -0.3 is 14.8 Å². The van der Waals surface area contributed by atoms with Gasteiger partial charge in [-0.25, -0.2) is 4.98 Å². The Morgan fingerprint density at radius 1 is 1.29 bits per heavy atom. The van der Waals surface area contributed by atoms with Gasteiger partial charge in [-0.3, -0.25) is 4.90 Å². The summed E-state index contributed by atoms with van der Waals surface area (Å²) in [5.74, 6) is 0. The molecule has 2 aliphatic rings. The number of pyridine rings is 1. The van der Waals surface area contributed by atoms with Gasteiger partial charge in [-0.1, -0.05) is 0 Å². The highest BCUT2D eigenvalue weighted by molar-refractivity contribution is 5.74. The topological polar surface area (TPSA) is 52.8 Å². The van der Waals surface area contributed by atoms with Gasteiger partial charge in [-0.15, -0.1) is 0 Å². The molecule has 0 radical (unpaired) electrons. The molecule has 4 heterocycles. The van der Waals surface area contributed by atoms with Crippen LogP contribution in [0.25, 0.3) is 5.65 Å². The lowest BCUT2D eigenvalue weighted by molar-refractivity contribution is 0.0668. The maximum atomic E-state index is 10.5. The number of likely N-dealkylation sites (tertiary alicyclic amines) is 1. The van der Waals surface area contributed by atoms with Gasteiger partial charge in [0, 0.05) is 24.0 Å². The third-order valence-electron chi connectivity index (χ3n) is 5.01. The zero-order valence-corrected chi connectivity index (χ0v) is 12.6.